The van der Waals surface area contributed by atoms with Crippen LogP contribution in [0.2, 0.25) is 0 Å². The number of amides is 1. The topological polar surface area (TPSA) is 82.3 Å². The summed E-state index contributed by atoms with van der Waals surface area (Å²) in [6.07, 6.45) is 5.57. The molecule has 1 saturated carbocycles. The van der Waals surface area contributed by atoms with Gasteiger partial charge in [-0.05, 0) is 24.8 Å². The van der Waals surface area contributed by atoms with E-state index in [9.17, 15) is 14.8 Å². The third kappa shape index (κ3) is 4.18. The maximum Gasteiger partial charge on any atom is 0.405 e. The van der Waals surface area contributed by atoms with Crippen molar-refractivity contribution in [2.75, 3.05) is 6.61 Å². The van der Waals surface area contributed by atoms with Gasteiger partial charge in [-0.25, -0.2) is 4.79 Å². The van der Waals surface area contributed by atoms with Crippen LogP contribution in [0.25, 0.3) is 0 Å². The molecule has 1 aliphatic rings. The maximum atomic E-state index is 11.8. The van der Waals surface area contributed by atoms with E-state index < -0.39 is 5.97 Å². The van der Waals surface area contributed by atoms with Crippen LogP contribution in [-0.2, 0) is 9.53 Å². The van der Waals surface area contributed by atoms with Gasteiger partial charge >= 0.3 is 11.7 Å². The van der Waals surface area contributed by atoms with Crippen LogP contribution >= 0.6 is 0 Å². The average Bonchev–Trinajstić information content (AvgIpc) is 2.48. The molecular formula is C15H20N2O4. The lowest BCUT2D eigenvalue weighted by molar-refractivity contribution is -0.608. The number of ether oxygens (including phenoxy) is 1. The predicted octanol–water partition coefficient (Wildman–Crippen LogP) is 1.17. The van der Waals surface area contributed by atoms with Crippen molar-refractivity contribution in [3.05, 3.63) is 35.3 Å². The lowest BCUT2D eigenvalue weighted by Gasteiger charge is -2.29. The number of aromatic nitrogens is 1. The zero-order chi connectivity index (χ0) is 15.2. The van der Waals surface area contributed by atoms with Gasteiger partial charge in [0.15, 0.2) is 12.8 Å². The molecule has 1 aromatic heterocycles. The first kappa shape index (κ1) is 15.3. The number of carbonyl (C=O) groups excluding carboxylic acids is 2. The Labute approximate surface area is 123 Å². The fraction of sp³-hybridized carbons (Fsp3) is 0.533. The van der Waals surface area contributed by atoms with Crippen molar-refractivity contribution < 1.29 is 19.1 Å². The van der Waals surface area contributed by atoms with Gasteiger partial charge in [0.1, 0.15) is 0 Å². The molecule has 0 unspecified atom stereocenters. The SMILES string of the molecule is C[C@@H]1CCCC[C@H]1NC(=O)COC(=O)c1cccc[n+]1[O-]. The molecule has 6 nitrogen and oxygen atoms in total. The molecule has 2 atom stereocenters. The summed E-state index contributed by atoms with van der Waals surface area (Å²) in [5.41, 5.74) is -0.128. The highest BCUT2D eigenvalue weighted by molar-refractivity contribution is 5.88. The summed E-state index contributed by atoms with van der Waals surface area (Å²) >= 11 is 0. The molecule has 0 bridgehead atoms. The number of hydrogen-bond donors (Lipinski definition) is 1. The van der Waals surface area contributed by atoms with Gasteiger partial charge in [-0.15, -0.1) is 0 Å². The first-order valence-corrected chi connectivity index (χ1v) is 7.22. The molecule has 1 heterocycles. The maximum absolute atomic E-state index is 11.8. The molecule has 0 aromatic carbocycles. The second-order valence-electron chi connectivity index (χ2n) is 5.42. The van der Waals surface area contributed by atoms with Gasteiger partial charge in [-0.1, -0.05) is 19.8 Å². The monoisotopic (exact) mass is 292 g/mol. The van der Waals surface area contributed by atoms with Gasteiger partial charge in [0.2, 0.25) is 0 Å². The molecule has 2 rings (SSSR count). The second-order valence-corrected chi connectivity index (χ2v) is 5.42. The van der Waals surface area contributed by atoms with Crippen LogP contribution < -0.4 is 10.0 Å². The molecule has 0 radical (unpaired) electrons. The normalized spacial score (nSPS) is 21.6. The van der Waals surface area contributed by atoms with Crippen LogP contribution in [-0.4, -0.2) is 24.5 Å². The Balaban J connectivity index is 1.81. The third-order valence-corrected chi connectivity index (χ3v) is 3.83. The molecule has 6 heteroatoms. The van der Waals surface area contributed by atoms with Crippen molar-refractivity contribution in [3.63, 3.8) is 0 Å². The molecule has 0 saturated heterocycles. The molecule has 1 amide bonds. The van der Waals surface area contributed by atoms with Crippen molar-refractivity contribution in [2.45, 2.75) is 38.6 Å². The molecule has 1 N–H and O–H groups in total. The molecule has 1 aromatic rings. The third-order valence-electron chi connectivity index (χ3n) is 3.83. The van der Waals surface area contributed by atoms with E-state index >= 15 is 0 Å². The Morgan fingerprint density at radius 2 is 2.14 bits per heavy atom. The number of hydrogen-bond acceptors (Lipinski definition) is 4. The van der Waals surface area contributed by atoms with Gasteiger partial charge in [0, 0.05) is 18.2 Å². The van der Waals surface area contributed by atoms with Crippen LogP contribution in [0.15, 0.2) is 24.4 Å². The Morgan fingerprint density at radius 3 is 2.86 bits per heavy atom. The zero-order valence-electron chi connectivity index (χ0n) is 12.1. The average molecular weight is 292 g/mol. The summed E-state index contributed by atoms with van der Waals surface area (Å²) in [6, 6.07) is 4.58. The van der Waals surface area contributed by atoms with Gasteiger partial charge < -0.3 is 15.3 Å². The zero-order valence-corrected chi connectivity index (χ0v) is 12.1. The first-order valence-electron chi connectivity index (χ1n) is 7.22. The summed E-state index contributed by atoms with van der Waals surface area (Å²) in [6.45, 7) is 1.75. The Morgan fingerprint density at radius 1 is 1.38 bits per heavy atom. The van der Waals surface area contributed by atoms with E-state index in [4.69, 9.17) is 4.74 Å². The fourth-order valence-corrected chi connectivity index (χ4v) is 2.57. The Kier molecular flexibility index (Phi) is 5.14. The van der Waals surface area contributed by atoms with E-state index in [-0.39, 0.29) is 24.2 Å². The highest BCUT2D eigenvalue weighted by Crippen LogP contribution is 2.23. The van der Waals surface area contributed by atoms with E-state index in [1.165, 1.54) is 24.8 Å². The van der Waals surface area contributed by atoms with E-state index in [0.717, 1.165) is 19.3 Å². The van der Waals surface area contributed by atoms with E-state index in [0.29, 0.717) is 10.6 Å². The van der Waals surface area contributed by atoms with Crippen molar-refractivity contribution in [1.82, 2.24) is 5.32 Å². The van der Waals surface area contributed by atoms with Crippen LogP contribution in [0, 0.1) is 11.1 Å². The Hall–Kier alpha value is -2.11. The Bertz CT molecular complexity index is 518. The van der Waals surface area contributed by atoms with Crippen molar-refractivity contribution >= 4 is 11.9 Å². The van der Waals surface area contributed by atoms with Gasteiger partial charge in [-0.2, -0.15) is 4.73 Å². The highest BCUT2D eigenvalue weighted by atomic mass is 16.5. The number of pyridine rings is 1. The highest BCUT2D eigenvalue weighted by Gasteiger charge is 2.24. The molecule has 114 valence electrons. The van der Waals surface area contributed by atoms with Gasteiger partial charge in [0.25, 0.3) is 5.91 Å². The lowest BCUT2D eigenvalue weighted by atomic mass is 9.86. The van der Waals surface area contributed by atoms with Crippen LogP contribution in [0.5, 0.6) is 0 Å². The number of nitrogens with zero attached hydrogens (tertiary/aromatic N) is 1. The van der Waals surface area contributed by atoms with Gasteiger partial charge in [0.05, 0.1) is 0 Å². The molecule has 0 aliphatic heterocycles. The summed E-state index contributed by atoms with van der Waals surface area (Å²) in [5, 5.41) is 14.3. The van der Waals surface area contributed by atoms with E-state index in [2.05, 4.69) is 12.2 Å². The summed E-state index contributed by atoms with van der Waals surface area (Å²) < 4.78 is 5.30. The molecule has 21 heavy (non-hydrogen) atoms. The van der Waals surface area contributed by atoms with Crippen molar-refractivity contribution in [1.29, 1.82) is 0 Å². The molecular weight excluding hydrogens is 272 g/mol. The second kappa shape index (κ2) is 7.06. The van der Waals surface area contributed by atoms with Crippen molar-refractivity contribution in [2.24, 2.45) is 5.92 Å². The smallest absolute Gasteiger partial charge is 0.405 e. The number of esters is 1. The fourth-order valence-electron chi connectivity index (χ4n) is 2.57. The standard InChI is InChI=1S/C15H20N2O4/c1-11-6-2-3-7-12(11)16-14(18)10-21-15(19)13-8-4-5-9-17(13)20/h4-5,8-9,11-12H,2-3,6-7,10H2,1H3,(H,16,18)/t11-,12-/m1/s1. The van der Waals surface area contributed by atoms with E-state index in [1.807, 2.05) is 0 Å². The predicted molar refractivity (Wildman–Crippen MR) is 75.2 cm³/mol. The summed E-state index contributed by atoms with van der Waals surface area (Å²) in [4.78, 5) is 23.5. The minimum Gasteiger partial charge on any atom is -0.618 e. The minimum atomic E-state index is -0.794. The quantitative estimate of drug-likeness (QED) is 0.513. The number of carbonyl (C=O) groups is 2. The van der Waals surface area contributed by atoms with E-state index in [1.54, 1.807) is 6.07 Å². The lowest BCUT2D eigenvalue weighted by Crippen LogP contribution is -2.43. The van der Waals surface area contributed by atoms with Crippen molar-refractivity contribution in [3.8, 4) is 0 Å². The van der Waals surface area contributed by atoms with Crippen LogP contribution in [0.4, 0.5) is 0 Å². The number of rotatable bonds is 4. The summed E-state index contributed by atoms with van der Waals surface area (Å²) in [5.74, 6) is -0.677. The molecule has 0 spiro atoms. The largest absolute Gasteiger partial charge is 0.618 e. The summed E-state index contributed by atoms with van der Waals surface area (Å²) in [7, 11) is 0. The molecule has 1 aliphatic carbocycles. The van der Waals surface area contributed by atoms with Crippen LogP contribution in [0.1, 0.15) is 43.1 Å². The van der Waals surface area contributed by atoms with Gasteiger partial charge in [-0.3, -0.25) is 4.79 Å². The first-order chi connectivity index (χ1) is 10.1. The molecule has 1 fully saturated rings. The number of nitrogens with one attached hydrogen (secondary N) is 1. The van der Waals surface area contributed by atoms with Crippen LogP contribution in [0.3, 0.4) is 0 Å². The minimum absolute atomic E-state index is 0.128.